The first-order chi connectivity index (χ1) is 9.56. The maximum atomic E-state index is 11.9. The second-order valence-corrected chi connectivity index (χ2v) is 5.41. The Hall–Kier alpha value is -1.39. The molecule has 0 radical (unpaired) electrons. The van der Waals surface area contributed by atoms with Crippen LogP contribution in [-0.4, -0.2) is 31.8 Å². The summed E-state index contributed by atoms with van der Waals surface area (Å²) in [6.07, 6.45) is 1.89. The Bertz CT molecular complexity index is 456. The van der Waals surface area contributed by atoms with Crippen LogP contribution in [0.3, 0.4) is 0 Å². The van der Waals surface area contributed by atoms with E-state index in [2.05, 4.69) is 26.1 Å². The zero-order valence-electron chi connectivity index (χ0n) is 12.5. The number of amides is 1. The van der Waals surface area contributed by atoms with E-state index in [1.165, 1.54) is 16.7 Å². The van der Waals surface area contributed by atoms with Gasteiger partial charge in [0.15, 0.2) is 0 Å². The summed E-state index contributed by atoms with van der Waals surface area (Å²) in [4.78, 5) is 11.9. The van der Waals surface area contributed by atoms with E-state index in [-0.39, 0.29) is 18.6 Å². The molecule has 0 aromatic heterocycles. The van der Waals surface area contributed by atoms with Crippen molar-refractivity contribution in [2.45, 2.75) is 39.7 Å². The van der Waals surface area contributed by atoms with Crippen molar-refractivity contribution in [3.8, 4) is 0 Å². The minimum Gasteiger partial charge on any atom is -0.381 e. The first-order valence-electron chi connectivity index (χ1n) is 7.13. The Morgan fingerprint density at radius 3 is 2.45 bits per heavy atom. The van der Waals surface area contributed by atoms with Crippen LogP contribution in [0.1, 0.15) is 29.5 Å². The van der Waals surface area contributed by atoms with Gasteiger partial charge >= 0.3 is 0 Å². The third-order valence-electron chi connectivity index (χ3n) is 3.83. The van der Waals surface area contributed by atoms with Crippen molar-refractivity contribution in [1.82, 2.24) is 0 Å². The van der Waals surface area contributed by atoms with Crippen LogP contribution in [0.4, 0.5) is 5.69 Å². The van der Waals surface area contributed by atoms with Gasteiger partial charge in [0, 0.05) is 18.9 Å². The second-order valence-electron chi connectivity index (χ2n) is 5.41. The third-order valence-corrected chi connectivity index (χ3v) is 3.83. The number of carbonyl (C=O) groups is 1. The zero-order valence-corrected chi connectivity index (χ0v) is 12.5. The van der Waals surface area contributed by atoms with E-state index in [9.17, 15) is 4.79 Å². The van der Waals surface area contributed by atoms with Gasteiger partial charge < -0.3 is 14.8 Å². The molecule has 0 aliphatic carbocycles. The Labute approximate surface area is 120 Å². The summed E-state index contributed by atoms with van der Waals surface area (Å²) in [5, 5.41) is 2.90. The molecular formula is C16H23NO3. The van der Waals surface area contributed by atoms with Crippen LogP contribution < -0.4 is 5.32 Å². The molecule has 1 aliphatic rings. The molecule has 20 heavy (non-hydrogen) atoms. The molecule has 4 heteroatoms. The number of anilines is 1. The predicted octanol–water partition coefficient (Wildman–Crippen LogP) is 2.75. The molecule has 0 unspecified atom stereocenters. The number of hydrogen-bond donors (Lipinski definition) is 1. The van der Waals surface area contributed by atoms with Crippen LogP contribution in [0, 0.1) is 20.8 Å². The molecule has 110 valence electrons. The number of nitrogens with one attached hydrogen (secondary N) is 1. The van der Waals surface area contributed by atoms with Crippen molar-refractivity contribution in [2.75, 3.05) is 25.1 Å². The van der Waals surface area contributed by atoms with Gasteiger partial charge in [0.05, 0.1) is 6.10 Å². The topological polar surface area (TPSA) is 47.6 Å². The highest BCUT2D eigenvalue weighted by molar-refractivity contribution is 5.91. The summed E-state index contributed by atoms with van der Waals surface area (Å²) < 4.78 is 10.9. The summed E-state index contributed by atoms with van der Waals surface area (Å²) >= 11 is 0. The van der Waals surface area contributed by atoms with E-state index < -0.39 is 0 Å². The van der Waals surface area contributed by atoms with E-state index in [0.717, 1.165) is 31.7 Å². The fourth-order valence-corrected chi connectivity index (χ4v) is 2.34. The molecule has 0 spiro atoms. The summed E-state index contributed by atoms with van der Waals surface area (Å²) in [5.41, 5.74) is 4.48. The van der Waals surface area contributed by atoms with Crippen LogP contribution >= 0.6 is 0 Å². The second kappa shape index (κ2) is 6.86. The van der Waals surface area contributed by atoms with E-state index in [0.29, 0.717) is 0 Å². The Balaban J connectivity index is 1.84. The van der Waals surface area contributed by atoms with Gasteiger partial charge in [-0.2, -0.15) is 0 Å². The lowest BCUT2D eigenvalue weighted by atomic mass is 10.0. The van der Waals surface area contributed by atoms with Gasteiger partial charge in [0.2, 0.25) is 5.91 Å². The van der Waals surface area contributed by atoms with Crippen LogP contribution in [0.15, 0.2) is 12.1 Å². The van der Waals surface area contributed by atoms with E-state index >= 15 is 0 Å². The Kier molecular flexibility index (Phi) is 5.15. The largest absolute Gasteiger partial charge is 0.381 e. The lowest BCUT2D eigenvalue weighted by Crippen LogP contribution is -2.28. The van der Waals surface area contributed by atoms with Crippen LogP contribution in [0.25, 0.3) is 0 Å². The lowest BCUT2D eigenvalue weighted by molar-refractivity contribution is -0.124. The summed E-state index contributed by atoms with van der Waals surface area (Å²) in [6.45, 7) is 7.75. The maximum absolute atomic E-state index is 11.9. The van der Waals surface area contributed by atoms with E-state index in [1.807, 2.05) is 12.1 Å². The SMILES string of the molecule is Cc1cc(NC(=O)COC2CCOCC2)cc(C)c1C. The van der Waals surface area contributed by atoms with Crippen LogP contribution in [0.5, 0.6) is 0 Å². The van der Waals surface area contributed by atoms with Crippen molar-refractivity contribution in [1.29, 1.82) is 0 Å². The molecule has 0 saturated carbocycles. The molecule has 1 aliphatic heterocycles. The number of aryl methyl sites for hydroxylation is 2. The third kappa shape index (κ3) is 4.05. The van der Waals surface area contributed by atoms with Gasteiger partial charge in [-0.25, -0.2) is 0 Å². The molecular weight excluding hydrogens is 254 g/mol. The average molecular weight is 277 g/mol. The minimum absolute atomic E-state index is 0.0980. The van der Waals surface area contributed by atoms with E-state index in [4.69, 9.17) is 9.47 Å². The summed E-state index contributed by atoms with van der Waals surface area (Å²) in [5.74, 6) is -0.0980. The molecule has 1 aromatic rings. The van der Waals surface area contributed by atoms with E-state index in [1.54, 1.807) is 0 Å². The van der Waals surface area contributed by atoms with Crippen molar-refractivity contribution in [2.24, 2.45) is 0 Å². The van der Waals surface area contributed by atoms with Gasteiger partial charge in [-0.3, -0.25) is 4.79 Å². The zero-order chi connectivity index (χ0) is 14.5. The highest BCUT2D eigenvalue weighted by Crippen LogP contribution is 2.19. The van der Waals surface area contributed by atoms with Gasteiger partial charge in [0.25, 0.3) is 0 Å². The van der Waals surface area contributed by atoms with Crippen molar-refractivity contribution in [3.63, 3.8) is 0 Å². The van der Waals surface area contributed by atoms with Crippen molar-refractivity contribution >= 4 is 11.6 Å². The van der Waals surface area contributed by atoms with Gasteiger partial charge in [-0.1, -0.05) is 0 Å². The van der Waals surface area contributed by atoms with Gasteiger partial charge in [-0.05, 0) is 62.4 Å². The highest BCUT2D eigenvalue weighted by Gasteiger charge is 2.15. The lowest BCUT2D eigenvalue weighted by Gasteiger charge is -2.22. The molecule has 1 saturated heterocycles. The first-order valence-corrected chi connectivity index (χ1v) is 7.13. The predicted molar refractivity (Wildman–Crippen MR) is 79.1 cm³/mol. The van der Waals surface area contributed by atoms with Crippen molar-refractivity contribution < 1.29 is 14.3 Å². The quantitative estimate of drug-likeness (QED) is 0.920. The standard InChI is InChI=1S/C16H23NO3/c1-11-8-14(9-12(2)13(11)3)17-16(18)10-20-15-4-6-19-7-5-15/h8-9,15H,4-7,10H2,1-3H3,(H,17,18). The molecule has 1 fully saturated rings. The van der Waals surface area contributed by atoms with Gasteiger partial charge in [-0.15, -0.1) is 0 Å². The molecule has 1 amide bonds. The van der Waals surface area contributed by atoms with Gasteiger partial charge in [0.1, 0.15) is 6.61 Å². The summed E-state index contributed by atoms with van der Waals surface area (Å²) in [7, 11) is 0. The number of rotatable bonds is 4. The Morgan fingerprint density at radius 2 is 1.85 bits per heavy atom. The fourth-order valence-electron chi connectivity index (χ4n) is 2.34. The maximum Gasteiger partial charge on any atom is 0.250 e. The molecule has 0 bridgehead atoms. The number of ether oxygens (including phenoxy) is 2. The van der Waals surface area contributed by atoms with Crippen LogP contribution in [0.2, 0.25) is 0 Å². The summed E-state index contributed by atoms with van der Waals surface area (Å²) in [6, 6.07) is 3.99. The number of hydrogen-bond acceptors (Lipinski definition) is 3. The normalized spacial score (nSPS) is 16.1. The monoisotopic (exact) mass is 277 g/mol. The number of carbonyl (C=O) groups excluding carboxylic acids is 1. The van der Waals surface area contributed by atoms with Crippen LogP contribution in [-0.2, 0) is 14.3 Å². The molecule has 4 nitrogen and oxygen atoms in total. The molecule has 1 N–H and O–H groups in total. The molecule has 2 rings (SSSR count). The molecule has 1 aromatic carbocycles. The van der Waals surface area contributed by atoms with Crippen molar-refractivity contribution in [3.05, 3.63) is 28.8 Å². The minimum atomic E-state index is -0.0980. The number of benzene rings is 1. The molecule has 0 atom stereocenters. The average Bonchev–Trinajstić information content (AvgIpc) is 2.43. The smallest absolute Gasteiger partial charge is 0.250 e. The fraction of sp³-hybridized carbons (Fsp3) is 0.562. The first kappa shape index (κ1) is 15.0. The highest BCUT2D eigenvalue weighted by atomic mass is 16.5. The Morgan fingerprint density at radius 1 is 1.25 bits per heavy atom. The molecule has 1 heterocycles.